The Balaban J connectivity index is 0.989. The highest BCUT2D eigenvalue weighted by molar-refractivity contribution is 5.76. The van der Waals surface area contributed by atoms with Gasteiger partial charge in [-0.2, -0.15) is 0 Å². The van der Waals surface area contributed by atoms with E-state index in [9.17, 15) is 4.79 Å². The van der Waals surface area contributed by atoms with Gasteiger partial charge in [-0.15, -0.1) is 0 Å². The number of H-pyrrole nitrogens is 1. The number of para-hydroxylation sites is 2. The van der Waals surface area contributed by atoms with E-state index in [1.807, 2.05) is 12.1 Å². The van der Waals surface area contributed by atoms with Crippen molar-refractivity contribution in [3.8, 4) is 0 Å². The van der Waals surface area contributed by atoms with Crippen molar-refractivity contribution in [2.45, 2.75) is 51.2 Å². The summed E-state index contributed by atoms with van der Waals surface area (Å²) in [6.07, 6.45) is 5.05. The molecule has 2 saturated heterocycles. The number of likely N-dealkylation sites (tertiary alicyclic amines) is 2. The van der Waals surface area contributed by atoms with Gasteiger partial charge in [0.15, 0.2) is 0 Å². The van der Waals surface area contributed by atoms with Gasteiger partial charge < -0.3 is 10.3 Å². The maximum atomic E-state index is 12.5. The summed E-state index contributed by atoms with van der Waals surface area (Å²) in [6, 6.07) is 19.1. The molecule has 2 fully saturated rings. The lowest BCUT2D eigenvalue weighted by Gasteiger charge is -2.31. The molecule has 2 N–H and O–H groups in total. The van der Waals surface area contributed by atoms with Crippen LogP contribution in [-0.4, -0.2) is 57.9 Å². The lowest BCUT2D eigenvalue weighted by atomic mass is 9.92. The van der Waals surface area contributed by atoms with E-state index in [1.165, 1.54) is 18.4 Å². The molecule has 0 radical (unpaired) electrons. The minimum atomic E-state index is 0.228. The van der Waals surface area contributed by atoms with Crippen LogP contribution in [0.1, 0.15) is 43.5 Å². The smallest absolute Gasteiger partial charge is 0.220 e. The summed E-state index contributed by atoms with van der Waals surface area (Å²) in [7, 11) is 0. The Labute approximate surface area is 196 Å². The Hall–Kier alpha value is -2.70. The molecule has 0 bridgehead atoms. The number of carbonyl (C=O) groups excluding carboxylic acids is 1. The molecular weight excluding hydrogens is 410 g/mol. The van der Waals surface area contributed by atoms with Crippen LogP contribution in [0.4, 0.5) is 0 Å². The number of hydrogen-bond donors (Lipinski definition) is 2. The van der Waals surface area contributed by atoms with Crippen LogP contribution in [0.5, 0.6) is 0 Å². The molecular formula is C27H35N5O. The first-order valence-electron chi connectivity index (χ1n) is 12.4. The van der Waals surface area contributed by atoms with Gasteiger partial charge in [0.25, 0.3) is 0 Å². The Morgan fingerprint density at radius 2 is 1.70 bits per heavy atom. The molecule has 2 aromatic carbocycles. The first kappa shape index (κ1) is 22.1. The number of amides is 1. The van der Waals surface area contributed by atoms with E-state index in [-0.39, 0.29) is 5.91 Å². The second kappa shape index (κ2) is 10.5. The molecule has 3 aromatic rings. The van der Waals surface area contributed by atoms with Crippen molar-refractivity contribution in [1.29, 1.82) is 0 Å². The van der Waals surface area contributed by atoms with E-state index >= 15 is 0 Å². The molecule has 5 rings (SSSR count). The maximum absolute atomic E-state index is 12.5. The lowest BCUT2D eigenvalue weighted by molar-refractivity contribution is -0.122. The zero-order valence-electron chi connectivity index (χ0n) is 19.4. The topological polar surface area (TPSA) is 64.3 Å². The first-order chi connectivity index (χ1) is 16.2. The van der Waals surface area contributed by atoms with Crippen LogP contribution < -0.4 is 5.32 Å². The minimum Gasteiger partial charge on any atom is -0.352 e. The summed E-state index contributed by atoms with van der Waals surface area (Å²) in [6.45, 7) is 6.04. The van der Waals surface area contributed by atoms with Crippen molar-refractivity contribution in [1.82, 2.24) is 25.1 Å². The van der Waals surface area contributed by atoms with Gasteiger partial charge in [-0.3, -0.25) is 14.6 Å². The van der Waals surface area contributed by atoms with Crippen LogP contribution in [0.15, 0.2) is 54.6 Å². The number of piperidine rings is 1. The van der Waals surface area contributed by atoms with E-state index in [0.717, 1.165) is 69.0 Å². The number of nitrogens with zero attached hydrogens (tertiary/aromatic N) is 3. The van der Waals surface area contributed by atoms with E-state index in [1.54, 1.807) is 0 Å². The molecule has 1 atom stereocenters. The van der Waals surface area contributed by atoms with Gasteiger partial charge in [0.2, 0.25) is 5.91 Å². The predicted molar refractivity (Wildman–Crippen MR) is 132 cm³/mol. The molecule has 6 nitrogen and oxygen atoms in total. The molecule has 6 heteroatoms. The summed E-state index contributed by atoms with van der Waals surface area (Å²) in [5.74, 6) is 1.93. The molecule has 3 heterocycles. The van der Waals surface area contributed by atoms with Gasteiger partial charge in [-0.1, -0.05) is 42.5 Å². The molecule has 1 aromatic heterocycles. The summed E-state index contributed by atoms with van der Waals surface area (Å²) in [5.41, 5.74) is 3.49. The minimum absolute atomic E-state index is 0.228. The highest BCUT2D eigenvalue weighted by Gasteiger charge is 2.25. The molecule has 1 amide bonds. The van der Waals surface area contributed by atoms with Crippen LogP contribution in [0.3, 0.4) is 0 Å². The Bertz CT molecular complexity index is 1010. The summed E-state index contributed by atoms with van der Waals surface area (Å²) in [5, 5.41) is 3.28. The predicted octanol–water partition coefficient (Wildman–Crippen LogP) is 3.95. The largest absolute Gasteiger partial charge is 0.352 e. The first-order valence-corrected chi connectivity index (χ1v) is 12.4. The maximum Gasteiger partial charge on any atom is 0.220 e. The van der Waals surface area contributed by atoms with Gasteiger partial charge in [-0.25, -0.2) is 4.98 Å². The summed E-state index contributed by atoms with van der Waals surface area (Å²) >= 11 is 0. The third kappa shape index (κ3) is 6.01. The number of benzene rings is 2. The zero-order chi connectivity index (χ0) is 22.5. The summed E-state index contributed by atoms with van der Waals surface area (Å²) in [4.78, 5) is 25.6. The molecule has 0 saturated carbocycles. The number of hydrogen-bond acceptors (Lipinski definition) is 4. The Kier molecular flexibility index (Phi) is 7.03. The van der Waals surface area contributed by atoms with Gasteiger partial charge >= 0.3 is 0 Å². The summed E-state index contributed by atoms with van der Waals surface area (Å²) < 4.78 is 0. The van der Waals surface area contributed by atoms with Crippen LogP contribution >= 0.6 is 0 Å². The fourth-order valence-corrected chi connectivity index (χ4v) is 5.30. The number of aromatic nitrogens is 2. The van der Waals surface area contributed by atoms with Crippen molar-refractivity contribution >= 4 is 16.9 Å². The standard InChI is InChI=1S/C27H35N5O/c33-27(28-23-14-17-32(19-23)18-22-6-2-1-3-7-22)11-10-21-12-15-31(16-13-21)20-26-29-24-8-4-5-9-25(24)30-26/h1-9,21,23H,10-20H2,(H,28,33)(H,29,30). The number of carbonyl (C=O) groups is 1. The molecule has 2 aliphatic rings. The third-order valence-corrected chi connectivity index (χ3v) is 7.19. The molecule has 174 valence electrons. The fraction of sp³-hybridized carbons (Fsp3) is 0.481. The molecule has 2 aliphatic heterocycles. The number of aromatic amines is 1. The van der Waals surface area contributed by atoms with Crippen LogP contribution in [0, 0.1) is 5.92 Å². The van der Waals surface area contributed by atoms with Crippen molar-refractivity contribution in [2.75, 3.05) is 26.2 Å². The quantitative estimate of drug-likeness (QED) is 0.551. The number of imidazole rings is 1. The SMILES string of the molecule is O=C(CCC1CCN(Cc2nc3ccccc3[nH]2)CC1)NC1CCN(Cc2ccccc2)C1. The van der Waals surface area contributed by atoms with Gasteiger partial charge in [0.05, 0.1) is 17.6 Å². The van der Waals surface area contributed by atoms with Gasteiger partial charge in [0.1, 0.15) is 5.82 Å². The van der Waals surface area contributed by atoms with Crippen molar-refractivity contribution in [3.05, 3.63) is 66.0 Å². The van der Waals surface area contributed by atoms with Gasteiger partial charge in [-0.05, 0) is 62.4 Å². The molecule has 0 spiro atoms. The molecule has 33 heavy (non-hydrogen) atoms. The monoisotopic (exact) mass is 445 g/mol. The van der Waals surface area contributed by atoms with Gasteiger partial charge in [0, 0.05) is 32.1 Å². The van der Waals surface area contributed by atoms with Crippen LogP contribution in [0.2, 0.25) is 0 Å². The van der Waals surface area contributed by atoms with E-state index in [4.69, 9.17) is 4.98 Å². The van der Waals surface area contributed by atoms with Crippen molar-refractivity contribution in [2.24, 2.45) is 5.92 Å². The highest BCUT2D eigenvalue weighted by Crippen LogP contribution is 2.23. The highest BCUT2D eigenvalue weighted by atomic mass is 16.1. The van der Waals surface area contributed by atoms with E-state index < -0.39 is 0 Å². The molecule has 0 aliphatic carbocycles. The zero-order valence-corrected chi connectivity index (χ0v) is 19.4. The van der Waals surface area contributed by atoms with E-state index in [2.05, 4.69) is 62.6 Å². The van der Waals surface area contributed by atoms with E-state index in [0.29, 0.717) is 18.4 Å². The average molecular weight is 446 g/mol. The average Bonchev–Trinajstić information content (AvgIpc) is 3.45. The van der Waals surface area contributed by atoms with Crippen molar-refractivity contribution in [3.63, 3.8) is 0 Å². The Morgan fingerprint density at radius 3 is 2.52 bits per heavy atom. The van der Waals surface area contributed by atoms with Crippen molar-refractivity contribution < 1.29 is 4.79 Å². The third-order valence-electron chi connectivity index (χ3n) is 7.19. The van der Waals surface area contributed by atoms with Crippen LogP contribution in [0.25, 0.3) is 11.0 Å². The fourth-order valence-electron chi connectivity index (χ4n) is 5.30. The number of rotatable bonds is 8. The number of nitrogens with one attached hydrogen (secondary N) is 2. The molecule has 1 unspecified atom stereocenters. The number of fused-ring (bicyclic) bond motifs is 1. The second-order valence-electron chi connectivity index (χ2n) is 9.73. The Morgan fingerprint density at radius 1 is 0.939 bits per heavy atom. The lowest BCUT2D eigenvalue weighted by Crippen LogP contribution is -2.37. The normalized spacial score (nSPS) is 20.4. The van der Waals surface area contributed by atoms with Crippen LogP contribution in [-0.2, 0) is 17.9 Å². The second-order valence-corrected chi connectivity index (χ2v) is 9.73.